The smallest absolute Gasteiger partial charge is 0.147 e. The zero-order chi connectivity index (χ0) is 13.1. The number of halogens is 1. The van der Waals surface area contributed by atoms with Gasteiger partial charge in [0.05, 0.1) is 18.4 Å². The molecule has 1 aromatic carbocycles. The van der Waals surface area contributed by atoms with Crippen molar-refractivity contribution < 1.29 is 4.74 Å². The number of aromatic nitrogens is 1. The standard InChI is InChI=1S/C14H11ClN2O/c1-9-7-10(8-16)14(15)17-13(9)11-5-3-4-6-12(11)18-2/h3-7H,1-2H3. The van der Waals surface area contributed by atoms with Crippen molar-refractivity contribution in [2.24, 2.45) is 0 Å². The molecule has 0 fully saturated rings. The molecule has 3 nitrogen and oxygen atoms in total. The number of benzene rings is 1. The topological polar surface area (TPSA) is 45.9 Å². The Labute approximate surface area is 111 Å². The van der Waals surface area contributed by atoms with Crippen LogP contribution in [0.5, 0.6) is 5.75 Å². The van der Waals surface area contributed by atoms with Crippen LogP contribution in [0, 0.1) is 18.3 Å². The van der Waals surface area contributed by atoms with Crippen molar-refractivity contribution in [3.8, 4) is 23.1 Å². The lowest BCUT2D eigenvalue weighted by Gasteiger charge is -2.10. The Morgan fingerprint density at radius 1 is 1.33 bits per heavy atom. The number of nitrogens with zero attached hydrogens (tertiary/aromatic N) is 2. The van der Waals surface area contributed by atoms with E-state index in [0.717, 1.165) is 22.6 Å². The molecule has 0 aliphatic carbocycles. The SMILES string of the molecule is COc1ccccc1-c1nc(Cl)c(C#N)cc1C. The van der Waals surface area contributed by atoms with Crippen molar-refractivity contribution in [3.63, 3.8) is 0 Å². The monoisotopic (exact) mass is 258 g/mol. The molecule has 0 aliphatic heterocycles. The molecule has 4 heteroatoms. The van der Waals surface area contributed by atoms with E-state index in [1.54, 1.807) is 13.2 Å². The molecule has 0 amide bonds. The van der Waals surface area contributed by atoms with E-state index < -0.39 is 0 Å². The fraction of sp³-hybridized carbons (Fsp3) is 0.143. The number of nitriles is 1. The molecule has 0 N–H and O–H groups in total. The van der Waals surface area contributed by atoms with Crippen LogP contribution in [-0.2, 0) is 0 Å². The summed E-state index contributed by atoms with van der Waals surface area (Å²) in [5.74, 6) is 0.730. The molecule has 18 heavy (non-hydrogen) atoms. The van der Waals surface area contributed by atoms with E-state index in [1.165, 1.54) is 0 Å². The number of para-hydroxylation sites is 1. The summed E-state index contributed by atoms with van der Waals surface area (Å²) >= 11 is 5.97. The van der Waals surface area contributed by atoms with Crippen LogP contribution in [0.25, 0.3) is 11.3 Å². The van der Waals surface area contributed by atoms with E-state index in [2.05, 4.69) is 4.98 Å². The third-order valence-corrected chi connectivity index (χ3v) is 2.94. The Balaban J connectivity index is 2.65. The van der Waals surface area contributed by atoms with Crippen LogP contribution in [0.2, 0.25) is 5.15 Å². The van der Waals surface area contributed by atoms with Crippen LogP contribution < -0.4 is 4.74 Å². The average molecular weight is 259 g/mol. The lowest BCUT2D eigenvalue weighted by molar-refractivity contribution is 0.416. The maximum absolute atomic E-state index is 8.91. The highest BCUT2D eigenvalue weighted by Crippen LogP contribution is 2.32. The number of hydrogen-bond acceptors (Lipinski definition) is 3. The second-order valence-electron chi connectivity index (χ2n) is 3.80. The first-order valence-corrected chi connectivity index (χ1v) is 5.75. The molecule has 1 heterocycles. The zero-order valence-electron chi connectivity index (χ0n) is 10.1. The first-order chi connectivity index (χ1) is 8.67. The van der Waals surface area contributed by atoms with Gasteiger partial charge in [0.15, 0.2) is 0 Å². The van der Waals surface area contributed by atoms with Gasteiger partial charge in [0.25, 0.3) is 0 Å². The average Bonchev–Trinajstić information content (AvgIpc) is 2.41. The maximum atomic E-state index is 8.91. The van der Waals surface area contributed by atoms with Gasteiger partial charge >= 0.3 is 0 Å². The van der Waals surface area contributed by atoms with Crippen molar-refractivity contribution >= 4 is 11.6 Å². The minimum Gasteiger partial charge on any atom is -0.496 e. The lowest BCUT2D eigenvalue weighted by atomic mass is 10.0. The van der Waals surface area contributed by atoms with Crippen molar-refractivity contribution in [3.05, 3.63) is 46.6 Å². The first kappa shape index (κ1) is 12.4. The normalized spacial score (nSPS) is 9.89. The molecule has 2 rings (SSSR count). The Kier molecular flexibility index (Phi) is 3.50. The summed E-state index contributed by atoms with van der Waals surface area (Å²) < 4.78 is 5.30. The van der Waals surface area contributed by atoms with Gasteiger partial charge in [0.1, 0.15) is 17.0 Å². The minimum atomic E-state index is 0.212. The molecule has 0 atom stereocenters. The summed E-state index contributed by atoms with van der Waals surface area (Å²) in [5, 5.41) is 9.12. The second kappa shape index (κ2) is 5.07. The molecule has 0 spiro atoms. The highest BCUT2D eigenvalue weighted by molar-refractivity contribution is 6.30. The molecule has 0 radical (unpaired) electrons. The van der Waals surface area contributed by atoms with Crippen LogP contribution >= 0.6 is 11.6 Å². The van der Waals surface area contributed by atoms with E-state index in [-0.39, 0.29) is 5.15 Å². The van der Waals surface area contributed by atoms with E-state index in [9.17, 15) is 0 Å². The van der Waals surface area contributed by atoms with Gasteiger partial charge in [-0.15, -0.1) is 0 Å². The molecule has 1 aromatic heterocycles. The lowest BCUT2D eigenvalue weighted by Crippen LogP contribution is -1.95. The number of rotatable bonds is 2. The van der Waals surface area contributed by atoms with Crippen molar-refractivity contribution in [1.82, 2.24) is 4.98 Å². The molecule has 0 bridgehead atoms. The Morgan fingerprint density at radius 2 is 2.06 bits per heavy atom. The van der Waals surface area contributed by atoms with E-state index in [0.29, 0.717) is 5.56 Å². The Morgan fingerprint density at radius 3 is 2.72 bits per heavy atom. The Bertz CT molecular complexity index is 632. The summed E-state index contributed by atoms with van der Waals surface area (Å²) in [4.78, 5) is 4.29. The first-order valence-electron chi connectivity index (χ1n) is 5.38. The van der Waals surface area contributed by atoms with Crippen LogP contribution in [0.4, 0.5) is 0 Å². The quantitative estimate of drug-likeness (QED) is 0.774. The van der Waals surface area contributed by atoms with Gasteiger partial charge in [-0.2, -0.15) is 5.26 Å². The zero-order valence-corrected chi connectivity index (χ0v) is 10.8. The fourth-order valence-electron chi connectivity index (χ4n) is 1.78. The molecule has 0 aliphatic rings. The summed E-state index contributed by atoms with van der Waals surface area (Å²) in [5.41, 5.74) is 2.87. The van der Waals surface area contributed by atoms with E-state index in [1.807, 2.05) is 37.3 Å². The second-order valence-corrected chi connectivity index (χ2v) is 4.16. The number of ether oxygens (including phenoxy) is 1. The maximum Gasteiger partial charge on any atom is 0.147 e. The minimum absolute atomic E-state index is 0.212. The van der Waals surface area contributed by atoms with Gasteiger partial charge in [-0.25, -0.2) is 4.98 Å². The number of methoxy groups -OCH3 is 1. The molecule has 2 aromatic rings. The third-order valence-electron chi connectivity index (χ3n) is 2.65. The highest BCUT2D eigenvalue weighted by atomic mass is 35.5. The fourth-order valence-corrected chi connectivity index (χ4v) is 1.96. The summed E-state index contributed by atoms with van der Waals surface area (Å²) in [7, 11) is 1.61. The van der Waals surface area contributed by atoms with E-state index >= 15 is 0 Å². The van der Waals surface area contributed by atoms with Crippen LogP contribution in [0.3, 0.4) is 0 Å². The summed E-state index contributed by atoms with van der Waals surface area (Å²) in [6.07, 6.45) is 0. The highest BCUT2D eigenvalue weighted by Gasteiger charge is 2.12. The third kappa shape index (κ3) is 2.15. The van der Waals surface area contributed by atoms with Gasteiger partial charge in [-0.3, -0.25) is 0 Å². The van der Waals surface area contributed by atoms with E-state index in [4.69, 9.17) is 21.6 Å². The van der Waals surface area contributed by atoms with Gasteiger partial charge in [0.2, 0.25) is 0 Å². The number of aryl methyl sites for hydroxylation is 1. The van der Waals surface area contributed by atoms with Crippen LogP contribution in [-0.4, -0.2) is 12.1 Å². The van der Waals surface area contributed by atoms with Gasteiger partial charge in [-0.1, -0.05) is 23.7 Å². The van der Waals surface area contributed by atoms with Crippen molar-refractivity contribution in [1.29, 1.82) is 5.26 Å². The van der Waals surface area contributed by atoms with Crippen LogP contribution in [0.15, 0.2) is 30.3 Å². The van der Waals surface area contributed by atoms with Gasteiger partial charge in [-0.05, 0) is 30.7 Å². The number of hydrogen-bond donors (Lipinski definition) is 0. The molecular weight excluding hydrogens is 248 g/mol. The Hall–Kier alpha value is -2.05. The molecule has 0 unspecified atom stereocenters. The molecular formula is C14H11ClN2O. The number of pyridine rings is 1. The molecule has 0 saturated heterocycles. The predicted octanol–water partition coefficient (Wildman–Crippen LogP) is 3.59. The van der Waals surface area contributed by atoms with Crippen molar-refractivity contribution in [2.75, 3.05) is 7.11 Å². The predicted molar refractivity (Wildman–Crippen MR) is 70.7 cm³/mol. The van der Waals surface area contributed by atoms with Gasteiger partial charge < -0.3 is 4.74 Å². The summed E-state index contributed by atoms with van der Waals surface area (Å²) in [6, 6.07) is 11.3. The van der Waals surface area contributed by atoms with Crippen molar-refractivity contribution in [2.45, 2.75) is 6.92 Å². The largest absolute Gasteiger partial charge is 0.496 e. The molecule has 90 valence electrons. The van der Waals surface area contributed by atoms with Gasteiger partial charge in [0, 0.05) is 5.56 Å². The molecule has 0 saturated carbocycles. The summed E-state index contributed by atoms with van der Waals surface area (Å²) in [6.45, 7) is 1.89. The van der Waals surface area contributed by atoms with Crippen LogP contribution in [0.1, 0.15) is 11.1 Å².